The van der Waals surface area contributed by atoms with Crippen molar-refractivity contribution < 1.29 is 20.1 Å². The molecule has 0 aromatic heterocycles. The highest BCUT2D eigenvalue weighted by Gasteiger charge is 2.33. The van der Waals surface area contributed by atoms with Crippen molar-refractivity contribution in [2.24, 2.45) is 16.3 Å². The molecular weight excluding hydrogens is 423 g/mol. The molecule has 138 valence electrons. The van der Waals surface area contributed by atoms with Crippen LogP contribution in [0, 0.1) is 11.3 Å². The lowest BCUT2D eigenvalue weighted by atomic mass is 9.81. The van der Waals surface area contributed by atoms with Crippen LogP contribution in [0.2, 0.25) is 0 Å². The lowest BCUT2D eigenvalue weighted by Gasteiger charge is -2.37. The molecule has 7 nitrogen and oxygen atoms in total. The fraction of sp³-hybridized carbons (Fsp3) is 0.750. The number of hydrogen-bond donors (Lipinski definition) is 2. The number of aliphatic imine (C=N–C) groups is 1. The van der Waals surface area contributed by atoms with E-state index in [1.54, 1.807) is 7.05 Å². The van der Waals surface area contributed by atoms with E-state index in [1.165, 1.54) is 0 Å². The minimum Gasteiger partial charge on any atom is -0.346 e. The summed E-state index contributed by atoms with van der Waals surface area (Å²) in [4.78, 5) is 41.0. The maximum absolute atomic E-state index is 12.4. The summed E-state index contributed by atoms with van der Waals surface area (Å²) in [6.07, 6.45) is 0.860. The van der Waals surface area contributed by atoms with Crippen LogP contribution in [0.25, 0.3) is 0 Å². The van der Waals surface area contributed by atoms with E-state index >= 15 is 0 Å². The number of hydrogen-bond acceptors (Lipinski definition) is 4. The van der Waals surface area contributed by atoms with Crippen LogP contribution in [0.15, 0.2) is 4.99 Å². The first kappa shape index (κ1) is 23.0. The number of carbonyl (C=O) groups is 3. The number of Topliss-reactive ketones (excluding diaryl/α,β-unsaturated/α-hetero) is 1. The second-order valence-electron chi connectivity index (χ2n) is 6.76. The fourth-order valence-electron chi connectivity index (χ4n) is 2.03. The largest absolute Gasteiger partial charge is 0.378 e. The van der Waals surface area contributed by atoms with Gasteiger partial charge in [-0.1, -0.05) is 34.6 Å². The van der Waals surface area contributed by atoms with Gasteiger partial charge in [-0.05, 0) is 34.4 Å². The maximum Gasteiger partial charge on any atom is 0.378 e. The topological polar surface area (TPSA) is 106 Å². The molecule has 4 N–H and O–H groups in total. The summed E-state index contributed by atoms with van der Waals surface area (Å²) in [5.41, 5.74) is 3.05. The van der Waals surface area contributed by atoms with Crippen LogP contribution in [-0.2, 0) is 14.4 Å². The zero-order chi connectivity index (χ0) is 19.1. The van der Waals surface area contributed by atoms with Crippen molar-refractivity contribution in [3.63, 3.8) is 0 Å². The summed E-state index contributed by atoms with van der Waals surface area (Å²) >= 11 is 2.04. The lowest BCUT2D eigenvalue weighted by molar-refractivity contribution is -0.299. The van der Waals surface area contributed by atoms with Crippen molar-refractivity contribution in [1.29, 1.82) is 0 Å². The third-order valence-electron chi connectivity index (χ3n) is 3.90. The third kappa shape index (κ3) is 6.84. The Kier molecular flexibility index (Phi) is 9.64. The molecule has 0 aromatic rings. The van der Waals surface area contributed by atoms with E-state index in [0.29, 0.717) is 6.54 Å². The van der Waals surface area contributed by atoms with Crippen LogP contribution < -0.4 is 11.1 Å². The number of ketones is 1. The number of carbonyl (C=O) groups excluding carboxylic acids is 3. The van der Waals surface area contributed by atoms with Crippen LogP contribution in [0.1, 0.15) is 41.0 Å². The molecule has 0 saturated heterocycles. The number of rotatable bonds is 8. The minimum absolute atomic E-state index is 0.00390. The highest BCUT2D eigenvalue weighted by atomic mass is 127. The number of amidine groups is 1. The smallest absolute Gasteiger partial charge is 0.346 e. The van der Waals surface area contributed by atoms with Crippen molar-refractivity contribution in [2.45, 2.75) is 45.1 Å². The van der Waals surface area contributed by atoms with E-state index in [9.17, 15) is 14.4 Å². The van der Waals surface area contributed by atoms with Crippen LogP contribution in [-0.4, -0.2) is 52.5 Å². The Balaban J connectivity index is 5.24. The predicted octanol–water partition coefficient (Wildman–Crippen LogP) is 0.624. The van der Waals surface area contributed by atoms with Crippen LogP contribution in [0.4, 0.5) is 0 Å². The molecule has 0 bridgehead atoms. The second-order valence-corrected chi connectivity index (χ2v) is 7.94. The summed E-state index contributed by atoms with van der Waals surface area (Å²) in [5, 5.41) is 2.51. The van der Waals surface area contributed by atoms with E-state index in [-0.39, 0.29) is 23.8 Å². The Labute approximate surface area is 158 Å². The molecule has 0 aliphatic heterocycles. The van der Waals surface area contributed by atoms with E-state index in [0.717, 1.165) is 12.3 Å². The normalized spacial score (nSPS) is 14.8. The summed E-state index contributed by atoms with van der Waals surface area (Å²) in [6.45, 7) is 10.9. The Bertz CT molecular complexity index is 500. The molecular formula is C16H30IN4O3+. The van der Waals surface area contributed by atoms with Crippen molar-refractivity contribution in [3.05, 3.63) is 0 Å². The molecule has 0 heterocycles. The zero-order valence-electron chi connectivity index (χ0n) is 15.5. The van der Waals surface area contributed by atoms with Crippen molar-refractivity contribution in [2.75, 3.05) is 20.1 Å². The van der Waals surface area contributed by atoms with Gasteiger partial charge in [-0.15, -0.1) is 0 Å². The Morgan fingerprint density at radius 2 is 1.83 bits per heavy atom. The van der Waals surface area contributed by atoms with Gasteiger partial charge in [0.25, 0.3) is 11.7 Å². The quantitative estimate of drug-likeness (QED) is 0.140. The van der Waals surface area contributed by atoms with Crippen molar-refractivity contribution in [3.8, 4) is 0 Å². The molecule has 2 atom stereocenters. The van der Waals surface area contributed by atoms with Gasteiger partial charge < -0.3 is 10.2 Å². The number of nitrogens with one attached hydrogen (secondary N) is 1. The molecule has 2 unspecified atom stereocenters. The molecule has 0 aliphatic carbocycles. The molecule has 8 heteroatoms. The molecule has 0 fully saturated rings. The first-order valence-corrected chi connectivity index (χ1v) is 9.26. The molecule has 0 radical (unpaired) electrons. The first-order valence-electron chi connectivity index (χ1n) is 8.01. The van der Waals surface area contributed by atoms with Gasteiger partial charge >= 0.3 is 5.91 Å². The van der Waals surface area contributed by atoms with Crippen molar-refractivity contribution in [1.82, 2.24) is 10.2 Å². The Hall–Kier alpha value is -1.03. The van der Waals surface area contributed by atoms with Crippen LogP contribution in [0.3, 0.4) is 0 Å². The van der Waals surface area contributed by atoms with Crippen LogP contribution >= 0.6 is 22.6 Å². The van der Waals surface area contributed by atoms with E-state index in [2.05, 4.69) is 43.7 Å². The average Bonchev–Trinajstić information content (AvgIpc) is 2.49. The minimum atomic E-state index is -0.803. The van der Waals surface area contributed by atoms with Gasteiger partial charge in [-0.25, -0.2) is 4.79 Å². The van der Waals surface area contributed by atoms with Gasteiger partial charge in [0, 0.05) is 19.5 Å². The lowest BCUT2D eigenvalue weighted by Crippen LogP contribution is -2.62. The molecule has 2 amide bonds. The van der Waals surface area contributed by atoms with E-state index < -0.39 is 15.7 Å². The van der Waals surface area contributed by atoms with Gasteiger partial charge in [-0.2, -0.15) is 0 Å². The standard InChI is InChI=1S/C16H29IN4O3/c1-7-8-21(14(19-6)10(2)16(3,4)5)12(17)15(24)20-9-11(22)13(18)23/h10,12H,7-9H2,1-6H3,(H2,18,23)(H,20,24)/p+1. The van der Waals surface area contributed by atoms with Gasteiger partial charge in [0.15, 0.2) is 4.05 Å². The Morgan fingerprint density at radius 1 is 1.29 bits per heavy atom. The third-order valence-corrected chi connectivity index (χ3v) is 5.14. The molecule has 0 spiro atoms. The summed E-state index contributed by atoms with van der Waals surface area (Å²) in [6, 6.07) is 0. The number of quaternary nitrogens is 1. The number of nitrogens with zero attached hydrogens (tertiary/aromatic N) is 2. The molecule has 0 rings (SSSR count). The highest BCUT2D eigenvalue weighted by molar-refractivity contribution is 14.1. The highest BCUT2D eigenvalue weighted by Crippen LogP contribution is 2.29. The Morgan fingerprint density at radius 3 is 2.21 bits per heavy atom. The van der Waals surface area contributed by atoms with E-state index in [4.69, 9.17) is 0 Å². The second kappa shape index (κ2) is 10.1. The van der Waals surface area contributed by atoms with Gasteiger partial charge in [-0.3, -0.25) is 20.3 Å². The maximum atomic E-state index is 12.4. The molecule has 0 saturated carbocycles. The first-order chi connectivity index (χ1) is 11.0. The average molecular weight is 453 g/mol. The van der Waals surface area contributed by atoms with Crippen molar-refractivity contribution >= 4 is 46.0 Å². The summed E-state index contributed by atoms with van der Waals surface area (Å²) in [5.74, 6) is -0.814. The molecule has 0 aliphatic rings. The molecule has 0 aromatic carbocycles. The fourth-order valence-corrected chi connectivity index (χ4v) is 2.82. The van der Waals surface area contributed by atoms with Gasteiger partial charge in [0.1, 0.15) is 5.84 Å². The van der Waals surface area contributed by atoms with Crippen LogP contribution in [0.5, 0.6) is 0 Å². The zero-order valence-corrected chi connectivity index (χ0v) is 17.6. The summed E-state index contributed by atoms with van der Waals surface area (Å²) in [7, 11) is 1.73. The number of alkyl halides is 1. The molecule has 24 heavy (non-hydrogen) atoms. The monoisotopic (exact) mass is 453 g/mol. The van der Waals surface area contributed by atoms with Gasteiger partial charge in [0.2, 0.25) is 0 Å². The predicted molar refractivity (Wildman–Crippen MR) is 103 cm³/mol. The SMILES string of the molecule is CCCN(C(=NC)C(C)C(C)(C)C)C(I)C(=O)NCC(=O)C([NH3+])=O. The van der Waals surface area contributed by atoms with E-state index in [1.807, 2.05) is 34.4 Å². The number of halogens is 1. The summed E-state index contributed by atoms with van der Waals surface area (Å²) < 4.78 is -0.515. The number of amides is 2. The van der Waals surface area contributed by atoms with Gasteiger partial charge in [0.05, 0.1) is 6.54 Å².